The number of nitrogens with zero attached hydrogens (tertiary/aromatic N) is 2. The van der Waals surface area contributed by atoms with Gasteiger partial charge in [-0.2, -0.15) is 13.2 Å². The summed E-state index contributed by atoms with van der Waals surface area (Å²) in [5, 5.41) is 0. The van der Waals surface area contributed by atoms with Crippen molar-refractivity contribution in [1.82, 2.24) is 14.9 Å². The highest BCUT2D eigenvalue weighted by molar-refractivity contribution is 5.24. The number of aromatic amines is 1. The van der Waals surface area contributed by atoms with Crippen molar-refractivity contribution in [2.24, 2.45) is 0 Å². The van der Waals surface area contributed by atoms with Gasteiger partial charge in [-0.1, -0.05) is 6.07 Å². The van der Waals surface area contributed by atoms with Crippen LogP contribution in [0.1, 0.15) is 22.6 Å². The lowest BCUT2D eigenvalue weighted by Crippen LogP contribution is -2.36. The van der Waals surface area contributed by atoms with Gasteiger partial charge in [-0.25, -0.2) is 18.2 Å². The maximum absolute atomic E-state index is 13.7. The molecule has 0 aliphatic carbocycles. The summed E-state index contributed by atoms with van der Waals surface area (Å²) in [5.74, 6) is -5.69. The molecule has 0 amide bonds. The minimum absolute atomic E-state index is 0.0645. The minimum atomic E-state index is -4.80. The van der Waals surface area contributed by atoms with Gasteiger partial charge in [0.25, 0.3) is 5.56 Å². The number of nitrogens with one attached hydrogen (secondary N) is 1. The number of rotatable bonds is 2. The van der Waals surface area contributed by atoms with E-state index >= 15 is 0 Å². The Labute approximate surface area is 137 Å². The second-order valence-corrected chi connectivity index (χ2v) is 5.63. The van der Waals surface area contributed by atoms with Crippen LogP contribution < -0.4 is 5.56 Å². The van der Waals surface area contributed by atoms with Crippen LogP contribution in [0.15, 0.2) is 16.9 Å². The van der Waals surface area contributed by atoms with E-state index in [-0.39, 0.29) is 42.9 Å². The zero-order chi connectivity index (χ0) is 18.4. The third-order valence-corrected chi connectivity index (χ3v) is 3.93. The van der Waals surface area contributed by atoms with Gasteiger partial charge in [-0.15, -0.1) is 0 Å². The summed E-state index contributed by atoms with van der Waals surface area (Å²) in [6.07, 6.45) is -4.69. The van der Waals surface area contributed by atoms with Crippen LogP contribution in [-0.2, 0) is 25.7 Å². The van der Waals surface area contributed by atoms with Crippen molar-refractivity contribution >= 4 is 0 Å². The van der Waals surface area contributed by atoms with Crippen LogP contribution in [0.5, 0.6) is 0 Å². The molecule has 0 unspecified atom stereocenters. The van der Waals surface area contributed by atoms with Gasteiger partial charge < -0.3 is 4.98 Å². The first-order valence-electron chi connectivity index (χ1n) is 7.21. The first kappa shape index (κ1) is 17.5. The Morgan fingerprint density at radius 1 is 1.16 bits per heavy atom. The zero-order valence-corrected chi connectivity index (χ0v) is 12.6. The van der Waals surface area contributed by atoms with Crippen molar-refractivity contribution in [3.63, 3.8) is 0 Å². The molecule has 4 nitrogen and oxygen atoms in total. The number of hydrogen-bond donors (Lipinski definition) is 1. The smallest absolute Gasteiger partial charge is 0.303 e. The van der Waals surface area contributed by atoms with Gasteiger partial charge in [-0.05, 0) is 12.5 Å². The first-order chi connectivity index (χ1) is 11.7. The fourth-order valence-corrected chi connectivity index (χ4v) is 2.69. The molecule has 134 valence electrons. The van der Waals surface area contributed by atoms with Crippen molar-refractivity contribution in [2.75, 3.05) is 6.54 Å². The summed E-state index contributed by atoms with van der Waals surface area (Å²) in [6, 6.07) is 1.84. The Kier molecular flexibility index (Phi) is 4.31. The van der Waals surface area contributed by atoms with E-state index in [2.05, 4.69) is 4.98 Å². The second-order valence-electron chi connectivity index (χ2n) is 5.63. The molecular weight excluding hydrogens is 352 g/mol. The molecule has 10 heteroatoms. The molecule has 0 atom stereocenters. The largest absolute Gasteiger partial charge is 0.449 e. The molecule has 0 fully saturated rings. The predicted octanol–water partition coefficient (Wildman–Crippen LogP) is 2.76. The minimum Gasteiger partial charge on any atom is -0.303 e. The Morgan fingerprint density at radius 2 is 1.88 bits per heavy atom. The molecule has 0 spiro atoms. The number of benzene rings is 1. The summed E-state index contributed by atoms with van der Waals surface area (Å²) < 4.78 is 78.2. The Hall–Kier alpha value is -2.36. The van der Waals surface area contributed by atoms with Crippen LogP contribution >= 0.6 is 0 Å². The van der Waals surface area contributed by atoms with E-state index < -0.39 is 35.0 Å². The molecule has 0 bridgehead atoms. The van der Waals surface area contributed by atoms with E-state index in [1.54, 1.807) is 4.98 Å². The van der Waals surface area contributed by atoms with E-state index in [0.29, 0.717) is 0 Å². The van der Waals surface area contributed by atoms with E-state index in [1.807, 2.05) is 0 Å². The second kappa shape index (κ2) is 6.17. The molecule has 0 saturated carbocycles. The molecule has 1 aromatic carbocycles. The van der Waals surface area contributed by atoms with Gasteiger partial charge in [-0.3, -0.25) is 9.69 Å². The van der Waals surface area contributed by atoms with Crippen LogP contribution in [0, 0.1) is 17.5 Å². The molecular formula is C15H11F6N3O. The molecule has 1 aromatic heterocycles. The third kappa shape index (κ3) is 3.39. The van der Waals surface area contributed by atoms with E-state index in [1.165, 1.54) is 4.90 Å². The average Bonchev–Trinajstić information content (AvgIpc) is 2.54. The maximum atomic E-state index is 13.7. The lowest BCUT2D eigenvalue weighted by molar-refractivity contribution is -0.145. The molecule has 1 aliphatic heterocycles. The monoisotopic (exact) mass is 363 g/mol. The van der Waals surface area contributed by atoms with Gasteiger partial charge in [0.15, 0.2) is 17.5 Å². The molecule has 25 heavy (non-hydrogen) atoms. The van der Waals surface area contributed by atoms with E-state index in [0.717, 1.165) is 12.1 Å². The lowest BCUT2D eigenvalue weighted by atomic mass is 10.1. The highest BCUT2D eigenvalue weighted by Gasteiger charge is 2.36. The fourth-order valence-electron chi connectivity index (χ4n) is 2.69. The quantitative estimate of drug-likeness (QED) is 0.659. The Bertz CT molecular complexity index is 877. The van der Waals surface area contributed by atoms with Gasteiger partial charge in [0.1, 0.15) is 0 Å². The molecule has 3 rings (SSSR count). The lowest BCUT2D eigenvalue weighted by Gasteiger charge is -2.28. The Morgan fingerprint density at radius 3 is 2.56 bits per heavy atom. The van der Waals surface area contributed by atoms with Gasteiger partial charge in [0, 0.05) is 30.8 Å². The maximum Gasteiger partial charge on any atom is 0.449 e. The zero-order valence-electron chi connectivity index (χ0n) is 12.6. The molecule has 1 aliphatic rings. The van der Waals surface area contributed by atoms with Crippen LogP contribution in [-0.4, -0.2) is 21.4 Å². The molecule has 0 radical (unpaired) electrons. The third-order valence-electron chi connectivity index (χ3n) is 3.93. The van der Waals surface area contributed by atoms with E-state index in [9.17, 15) is 31.1 Å². The summed E-state index contributed by atoms with van der Waals surface area (Å²) >= 11 is 0. The number of halogens is 6. The van der Waals surface area contributed by atoms with Crippen molar-refractivity contribution in [3.05, 3.63) is 62.6 Å². The molecule has 2 aromatic rings. The number of H-pyrrole nitrogens is 1. The van der Waals surface area contributed by atoms with Crippen LogP contribution in [0.2, 0.25) is 0 Å². The van der Waals surface area contributed by atoms with Crippen molar-refractivity contribution in [3.8, 4) is 0 Å². The number of aromatic nitrogens is 2. The number of hydrogen-bond acceptors (Lipinski definition) is 3. The summed E-state index contributed by atoms with van der Waals surface area (Å²) in [6.45, 7) is -0.0549. The number of fused-ring (bicyclic) bond motifs is 1. The first-order valence-corrected chi connectivity index (χ1v) is 7.21. The van der Waals surface area contributed by atoms with Crippen molar-refractivity contribution < 1.29 is 26.3 Å². The molecule has 0 saturated heterocycles. The summed E-state index contributed by atoms with van der Waals surface area (Å²) in [5.41, 5.74) is -0.931. The van der Waals surface area contributed by atoms with Crippen LogP contribution in [0.25, 0.3) is 0 Å². The van der Waals surface area contributed by atoms with Crippen molar-refractivity contribution in [2.45, 2.75) is 25.7 Å². The fraction of sp³-hybridized carbons (Fsp3) is 0.333. The normalized spacial score (nSPS) is 15.3. The number of alkyl halides is 3. The predicted molar refractivity (Wildman–Crippen MR) is 74.0 cm³/mol. The van der Waals surface area contributed by atoms with E-state index in [4.69, 9.17) is 0 Å². The van der Waals surface area contributed by atoms with Gasteiger partial charge >= 0.3 is 6.18 Å². The van der Waals surface area contributed by atoms with Crippen molar-refractivity contribution in [1.29, 1.82) is 0 Å². The highest BCUT2D eigenvalue weighted by Crippen LogP contribution is 2.27. The van der Waals surface area contributed by atoms with Crippen LogP contribution in [0.4, 0.5) is 26.3 Å². The summed E-state index contributed by atoms with van der Waals surface area (Å²) in [7, 11) is 0. The van der Waals surface area contributed by atoms with Gasteiger partial charge in [0.05, 0.1) is 5.69 Å². The van der Waals surface area contributed by atoms with Gasteiger partial charge in [0.2, 0.25) is 5.82 Å². The highest BCUT2D eigenvalue weighted by atomic mass is 19.4. The summed E-state index contributed by atoms with van der Waals surface area (Å²) in [4.78, 5) is 18.4. The SMILES string of the molecule is O=c1[nH]c(C(F)(F)F)nc2c1CCN(Cc1ccc(F)c(F)c1F)C2. The Balaban J connectivity index is 1.87. The standard InChI is InChI=1S/C15H11F6N3O/c16-9-2-1-7(11(17)12(9)18)5-24-4-3-8-10(6-24)22-14(15(19,20)21)23-13(8)25/h1-2H,3-6H2,(H,22,23,25). The topological polar surface area (TPSA) is 49.0 Å². The molecule has 2 heterocycles. The average molecular weight is 363 g/mol. The molecule has 1 N–H and O–H groups in total. The van der Waals surface area contributed by atoms with Crippen LogP contribution in [0.3, 0.4) is 0 Å².